The summed E-state index contributed by atoms with van der Waals surface area (Å²) in [5.74, 6) is 0.670. The number of rotatable bonds is 9. The summed E-state index contributed by atoms with van der Waals surface area (Å²) in [5, 5.41) is 2.93. The van der Waals surface area contributed by atoms with Crippen LogP contribution in [0, 0.1) is 5.92 Å². The molecule has 1 unspecified atom stereocenters. The summed E-state index contributed by atoms with van der Waals surface area (Å²) in [6.45, 7) is 5.48. The normalized spacial score (nSPS) is 17.4. The van der Waals surface area contributed by atoms with Crippen LogP contribution in [0.25, 0.3) is 0 Å². The van der Waals surface area contributed by atoms with Gasteiger partial charge in [0.25, 0.3) is 5.91 Å². The minimum Gasteiger partial charge on any atom is -0.493 e. The summed E-state index contributed by atoms with van der Waals surface area (Å²) in [4.78, 5) is 26.0. The predicted octanol–water partition coefficient (Wildman–Crippen LogP) is 2.17. The quantitative estimate of drug-likeness (QED) is 0.572. The Morgan fingerprint density at radius 1 is 1.41 bits per heavy atom. The highest BCUT2D eigenvalue weighted by molar-refractivity contribution is 9.10. The molecule has 0 spiro atoms. The molecule has 8 heteroatoms. The van der Waals surface area contributed by atoms with E-state index >= 15 is 0 Å². The van der Waals surface area contributed by atoms with Crippen LogP contribution >= 0.6 is 15.9 Å². The topological polar surface area (TPSA) is 93.9 Å². The first kappa shape index (κ1) is 21.5. The fraction of sp³-hybridized carbons (Fsp3) is 0.579. The third kappa shape index (κ3) is 6.10. The molecule has 1 atom stereocenters. The minimum atomic E-state index is -0.219. The second kappa shape index (κ2) is 10.5. The zero-order valence-electron chi connectivity index (χ0n) is 15.9. The van der Waals surface area contributed by atoms with E-state index in [4.69, 9.17) is 15.2 Å². The van der Waals surface area contributed by atoms with E-state index in [1.165, 1.54) is 0 Å². The lowest BCUT2D eigenvalue weighted by molar-refractivity contribution is -0.123. The van der Waals surface area contributed by atoms with E-state index in [1.54, 1.807) is 19.2 Å². The molecule has 0 bridgehead atoms. The van der Waals surface area contributed by atoms with Crippen LogP contribution in [0.3, 0.4) is 0 Å². The number of nitrogens with zero attached hydrogens (tertiary/aromatic N) is 1. The lowest BCUT2D eigenvalue weighted by atomic mass is 9.97. The van der Waals surface area contributed by atoms with E-state index < -0.39 is 0 Å². The molecule has 2 amide bonds. The molecule has 0 radical (unpaired) electrons. The molecule has 1 aromatic carbocycles. The number of ether oxygens (including phenoxy) is 2. The first-order valence-electron chi connectivity index (χ1n) is 9.26. The summed E-state index contributed by atoms with van der Waals surface area (Å²) in [6.07, 6.45) is 2.67. The zero-order valence-corrected chi connectivity index (χ0v) is 17.5. The number of piperidine rings is 1. The van der Waals surface area contributed by atoms with E-state index in [0.29, 0.717) is 41.2 Å². The van der Waals surface area contributed by atoms with Crippen LogP contribution in [-0.2, 0) is 4.79 Å². The fourth-order valence-corrected chi connectivity index (χ4v) is 3.79. The summed E-state index contributed by atoms with van der Waals surface area (Å²) in [5.41, 5.74) is 5.92. The second-order valence-electron chi connectivity index (χ2n) is 6.57. The molecule has 1 aromatic rings. The summed E-state index contributed by atoms with van der Waals surface area (Å²) in [6, 6.07) is 3.40. The molecule has 150 valence electrons. The number of nitrogens with one attached hydrogen (secondary N) is 1. The van der Waals surface area contributed by atoms with Gasteiger partial charge in [-0.3, -0.25) is 9.59 Å². The standard InChI is InChI=1S/C19H28BrN3O4/c1-3-27-17-15(20)10-14(11-16(17)26-2)19(25)22-7-5-9-23-8-4-6-13(12-23)18(21)24/h10-11,13H,3-9,12H2,1-2H3,(H2,21,24)(H,22,25). The summed E-state index contributed by atoms with van der Waals surface area (Å²) in [7, 11) is 1.55. The molecule has 1 aliphatic heterocycles. The smallest absolute Gasteiger partial charge is 0.251 e. The zero-order chi connectivity index (χ0) is 19.8. The molecule has 2 rings (SSSR count). The third-order valence-electron chi connectivity index (χ3n) is 4.62. The molecular weight excluding hydrogens is 414 g/mol. The molecule has 1 saturated heterocycles. The molecule has 1 aliphatic rings. The van der Waals surface area contributed by atoms with Crippen LogP contribution in [0.4, 0.5) is 0 Å². The maximum absolute atomic E-state index is 12.4. The number of amides is 2. The van der Waals surface area contributed by atoms with Crippen molar-refractivity contribution in [2.45, 2.75) is 26.2 Å². The van der Waals surface area contributed by atoms with E-state index in [9.17, 15) is 9.59 Å². The van der Waals surface area contributed by atoms with Crippen LogP contribution < -0.4 is 20.5 Å². The Balaban J connectivity index is 1.83. The number of hydrogen-bond acceptors (Lipinski definition) is 5. The van der Waals surface area contributed by atoms with Gasteiger partial charge in [-0.05, 0) is 67.3 Å². The Morgan fingerprint density at radius 3 is 2.85 bits per heavy atom. The van der Waals surface area contributed by atoms with Gasteiger partial charge in [-0.2, -0.15) is 0 Å². The maximum atomic E-state index is 12.4. The van der Waals surface area contributed by atoms with Gasteiger partial charge in [-0.25, -0.2) is 0 Å². The van der Waals surface area contributed by atoms with Crippen molar-refractivity contribution >= 4 is 27.7 Å². The summed E-state index contributed by atoms with van der Waals surface area (Å²) >= 11 is 3.43. The van der Waals surface area contributed by atoms with Gasteiger partial charge in [0.15, 0.2) is 11.5 Å². The van der Waals surface area contributed by atoms with E-state index in [1.807, 2.05) is 6.92 Å². The van der Waals surface area contributed by atoms with Crippen molar-refractivity contribution in [3.8, 4) is 11.5 Å². The van der Waals surface area contributed by atoms with Gasteiger partial charge in [0.1, 0.15) is 0 Å². The Labute approximate surface area is 168 Å². The highest BCUT2D eigenvalue weighted by atomic mass is 79.9. The van der Waals surface area contributed by atoms with Crippen LogP contribution in [0.1, 0.15) is 36.5 Å². The Hall–Kier alpha value is -1.80. The molecule has 27 heavy (non-hydrogen) atoms. The van der Waals surface area contributed by atoms with Crippen molar-refractivity contribution in [3.63, 3.8) is 0 Å². The lowest BCUT2D eigenvalue weighted by Gasteiger charge is -2.31. The first-order chi connectivity index (χ1) is 13.0. The number of primary amides is 1. The number of likely N-dealkylation sites (tertiary alicyclic amines) is 1. The Kier molecular flexibility index (Phi) is 8.37. The second-order valence-corrected chi connectivity index (χ2v) is 7.43. The van der Waals surface area contributed by atoms with Crippen molar-refractivity contribution < 1.29 is 19.1 Å². The Morgan fingerprint density at radius 2 is 2.19 bits per heavy atom. The third-order valence-corrected chi connectivity index (χ3v) is 5.21. The molecule has 0 aliphatic carbocycles. The van der Waals surface area contributed by atoms with Crippen LogP contribution in [0.15, 0.2) is 16.6 Å². The SMILES string of the molecule is CCOc1c(Br)cc(C(=O)NCCCN2CCCC(C(N)=O)C2)cc1OC. The van der Waals surface area contributed by atoms with Gasteiger partial charge < -0.3 is 25.4 Å². The maximum Gasteiger partial charge on any atom is 0.251 e. The molecule has 1 heterocycles. The Bertz CT molecular complexity index is 669. The molecular formula is C19H28BrN3O4. The summed E-state index contributed by atoms with van der Waals surface area (Å²) < 4.78 is 11.5. The van der Waals surface area contributed by atoms with E-state index in [-0.39, 0.29) is 17.7 Å². The number of methoxy groups -OCH3 is 1. The van der Waals surface area contributed by atoms with Gasteiger partial charge >= 0.3 is 0 Å². The van der Waals surface area contributed by atoms with Crippen molar-refractivity contribution in [2.24, 2.45) is 11.7 Å². The van der Waals surface area contributed by atoms with E-state index in [0.717, 1.165) is 32.4 Å². The largest absolute Gasteiger partial charge is 0.493 e. The molecule has 7 nitrogen and oxygen atoms in total. The average Bonchev–Trinajstić information content (AvgIpc) is 2.66. The lowest BCUT2D eigenvalue weighted by Crippen LogP contribution is -2.42. The van der Waals surface area contributed by atoms with Gasteiger partial charge in [0.05, 0.1) is 24.1 Å². The number of halogens is 1. The molecule has 0 saturated carbocycles. The average molecular weight is 442 g/mol. The predicted molar refractivity (Wildman–Crippen MR) is 107 cm³/mol. The van der Waals surface area contributed by atoms with E-state index in [2.05, 4.69) is 26.1 Å². The van der Waals surface area contributed by atoms with Gasteiger partial charge in [-0.1, -0.05) is 0 Å². The highest BCUT2D eigenvalue weighted by Crippen LogP contribution is 2.36. The van der Waals surface area contributed by atoms with Crippen molar-refractivity contribution in [2.75, 3.05) is 39.9 Å². The number of benzene rings is 1. The van der Waals surface area contributed by atoms with Crippen LogP contribution in [0.5, 0.6) is 11.5 Å². The monoisotopic (exact) mass is 441 g/mol. The minimum absolute atomic E-state index is 0.0537. The van der Waals surface area contributed by atoms with Crippen LogP contribution in [-0.4, -0.2) is 56.6 Å². The van der Waals surface area contributed by atoms with Gasteiger partial charge in [-0.15, -0.1) is 0 Å². The first-order valence-corrected chi connectivity index (χ1v) is 10.1. The highest BCUT2D eigenvalue weighted by Gasteiger charge is 2.23. The van der Waals surface area contributed by atoms with Crippen molar-refractivity contribution in [3.05, 3.63) is 22.2 Å². The fourth-order valence-electron chi connectivity index (χ4n) is 3.23. The number of carbonyl (C=O) groups excluding carboxylic acids is 2. The number of hydrogen-bond donors (Lipinski definition) is 2. The van der Waals surface area contributed by atoms with Crippen molar-refractivity contribution in [1.29, 1.82) is 0 Å². The molecule has 0 aromatic heterocycles. The van der Waals surface area contributed by atoms with Gasteiger partial charge in [0.2, 0.25) is 5.91 Å². The molecule has 3 N–H and O–H groups in total. The van der Waals surface area contributed by atoms with Crippen molar-refractivity contribution in [1.82, 2.24) is 10.2 Å². The molecule has 1 fully saturated rings. The van der Waals surface area contributed by atoms with Gasteiger partial charge in [0, 0.05) is 18.7 Å². The van der Waals surface area contributed by atoms with Crippen LogP contribution in [0.2, 0.25) is 0 Å². The number of nitrogens with two attached hydrogens (primary N) is 1. The number of carbonyl (C=O) groups is 2.